The number of rotatable bonds is 7. The Morgan fingerprint density at radius 1 is 1.58 bits per heavy atom. The van der Waals surface area contributed by atoms with Crippen LogP contribution in [-0.2, 0) is 0 Å². The predicted octanol–water partition coefficient (Wildman–Crippen LogP) is 2.07. The number of hydrogen-bond donors (Lipinski definition) is 1. The Bertz CT molecular complexity index is 760. The van der Waals surface area contributed by atoms with E-state index >= 15 is 0 Å². The van der Waals surface area contributed by atoms with E-state index in [9.17, 15) is 14.5 Å². The van der Waals surface area contributed by atoms with E-state index in [0.717, 1.165) is 12.8 Å². The maximum atomic E-state index is 13.2. The number of aryl methyl sites for hydroxylation is 1. The monoisotopic (exact) mass is 336 g/mol. The topological polar surface area (TPSA) is 103 Å². The number of pyridine rings is 1. The van der Waals surface area contributed by atoms with Gasteiger partial charge in [-0.05, 0) is 31.9 Å². The van der Waals surface area contributed by atoms with Crippen LogP contribution in [0.3, 0.4) is 0 Å². The first-order valence-corrected chi connectivity index (χ1v) is 7.60. The highest BCUT2D eigenvalue weighted by Crippen LogP contribution is 2.48. The minimum atomic E-state index is -1.63. The van der Waals surface area contributed by atoms with Gasteiger partial charge < -0.3 is 9.84 Å². The van der Waals surface area contributed by atoms with Crippen LogP contribution < -0.4 is 4.74 Å². The molecular formula is C15H17FN4O4. The number of nitro groups is 1. The third kappa shape index (κ3) is 3.07. The van der Waals surface area contributed by atoms with Crippen LogP contribution in [0.4, 0.5) is 10.1 Å². The molecule has 1 N–H and O–H groups in total. The molecule has 8 nitrogen and oxygen atoms in total. The Labute approximate surface area is 137 Å². The van der Waals surface area contributed by atoms with Gasteiger partial charge in [-0.15, -0.1) is 5.10 Å². The van der Waals surface area contributed by atoms with E-state index in [2.05, 4.69) is 10.1 Å². The van der Waals surface area contributed by atoms with E-state index in [1.807, 2.05) is 0 Å². The summed E-state index contributed by atoms with van der Waals surface area (Å²) in [7, 11) is 0. The number of aliphatic hydroxyl groups is 1. The molecule has 2 aromatic heterocycles. The van der Waals surface area contributed by atoms with Gasteiger partial charge in [0.05, 0.1) is 22.9 Å². The first-order chi connectivity index (χ1) is 11.5. The third-order valence-corrected chi connectivity index (χ3v) is 3.82. The number of nitrogens with zero attached hydrogens (tertiary/aromatic N) is 4. The lowest BCUT2D eigenvalue weighted by molar-refractivity contribution is -0.386. The molecule has 1 atom stereocenters. The van der Waals surface area contributed by atoms with Crippen LogP contribution in [0.2, 0.25) is 0 Å². The van der Waals surface area contributed by atoms with Crippen molar-refractivity contribution in [2.75, 3.05) is 13.2 Å². The smallest absolute Gasteiger partial charge is 0.354 e. The molecule has 0 radical (unpaired) electrons. The van der Waals surface area contributed by atoms with Crippen LogP contribution in [-0.4, -0.2) is 44.2 Å². The van der Waals surface area contributed by atoms with Crippen LogP contribution in [0.1, 0.15) is 30.1 Å². The van der Waals surface area contributed by atoms with Crippen LogP contribution in [0.15, 0.2) is 18.3 Å². The van der Waals surface area contributed by atoms with Crippen molar-refractivity contribution in [3.05, 3.63) is 39.8 Å². The maximum absolute atomic E-state index is 13.2. The first kappa shape index (κ1) is 16.3. The first-order valence-electron chi connectivity index (χ1n) is 7.60. The molecule has 0 aliphatic heterocycles. The zero-order chi connectivity index (χ0) is 17.3. The number of hydrogen-bond acceptors (Lipinski definition) is 6. The molecule has 0 bridgehead atoms. The Morgan fingerprint density at radius 3 is 2.92 bits per heavy atom. The van der Waals surface area contributed by atoms with Crippen molar-refractivity contribution in [2.24, 2.45) is 0 Å². The van der Waals surface area contributed by atoms with E-state index in [0.29, 0.717) is 17.1 Å². The van der Waals surface area contributed by atoms with Crippen LogP contribution in [0, 0.1) is 17.0 Å². The molecule has 0 saturated heterocycles. The van der Waals surface area contributed by atoms with Crippen molar-refractivity contribution in [3.63, 3.8) is 0 Å². The number of alkyl halides is 1. The van der Waals surface area contributed by atoms with Gasteiger partial charge in [0.2, 0.25) is 0 Å². The fourth-order valence-corrected chi connectivity index (χ4v) is 2.50. The van der Waals surface area contributed by atoms with E-state index < -0.39 is 24.3 Å². The van der Waals surface area contributed by atoms with Crippen molar-refractivity contribution >= 4 is 5.69 Å². The SMILES string of the molecule is Cc1ncccc1-n1nc(OCC(F)CO)c([N+](=O)[O-])c1C1CC1. The maximum Gasteiger partial charge on any atom is 0.354 e. The summed E-state index contributed by atoms with van der Waals surface area (Å²) >= 11 is 0. The lowest BCUT2D eigenvalue weighted by Gasteiger charge is -2.07. The summed E-state index contributed by atoms with van der Waals surface area (Å²) in [6.45, 7) is 0.569. The van der Waals surface area contributed by atoms with Crippen molar-refractivity contribution < 1.29 is 19.2 Å². The molecule has 1 saturated carbocycles. The van der Waals surface area contributed by atoms with Crippen molar-refractivity contribution in [3.8, 4) is 11.6 Å². The van der Waals surface area contributed by atoms with E-state index in [1.54, 1.807) is 25.3 Å². The molecule has 0 spiro atoms. The summed E-state index contributed by atoms with van der Waals surface area (Å²) in [6.07, 6.45) is 1.65. The Balaban J connectivity index is 2.08. The van der Waals surface area contributed by atoms with Crippen LogP contribution >= 0.6 is 0 Å². The van der Waals surface area contributed by atoms with E-state index in [-0.39, 0.29) is 17.5 Å². The number of ether oxygens (including phenoxy) is 1. The second kappa shape index (κ2) is 6.52. The van der Waals surface area contributed by atoms with Gasteiger partial charge in [-0.2, -0.15) is 0 Å². The zero-order valence-corrected chi connectivity index (χ0v) is 13.1. The molecule has 2 heterocycles. The number of halogens is 1. The van der Waals surface area contributed by atoms with Gasteiger partial charge >= 0.3 is 11.6 Å². The van der Waals surface area contributed by atoms with Gasteiger partial charge in [-0.3, -0.25) is 15.1 Å². The molecule has 1 aliphatic carbocycles. The summed E-state index contributed by atoms with van der Waals surface area (Å²) in [4.78, 5) is 15.2. The van der Waals surface area contributed by atoms with Crippen molar-refractivity contribution in [1.29, 1.82) is 0 Å². The molecule has 2 aromatic rings. The van der Waals surface area contributed by atoms with Gasteiger partial charge in [-0.1, -0.05) is 0 Å². The second-order valence-electron chi connectivity index (χ2n) is 5.68. The standard InChI is InChI=1S/C15H17FN4O4/c1-9-12(3-2-6-17-9)19-13(10-4-5-10)14(20(22)23)15(18-19)24-8-11(16)7-21/h2-3,6,10-11,21H,4-5,7-8H2,1H3. The number of aromatic nitrogens is 3. The Kier molecular flexibility index (Phi) is 4.43. The highest BCUT2D eigenvalue weighted by Gasteiger charge is 2.40. The van der Waals surface area contributed by atoms with Gasteiger partial charge in [0.25, 0.3) is 0 Å². The molecule has 0 aromatic carbocycles. The van der Waals surface area contributed by atoms with Gasteiger partial charge in [0, 0.05) is 12.1 Å². The Morgan fingerprint density at radius 2 is 2.33 bits per heavy atom. The molecule has 3 rings (SSSR count). The largest absolute Gasteiger partial charge is 0.469 e. The number of aliphatic hydroxyl groups excluding tert-OH is 1. The highest BCUT2D eigenvalue weighted by molar-refractivity contribution is 5.53. The van der Waals surface area contributed by atoms with Crippen LogP contribution in [0.5, 0.6) is 5.88 Å². The fourth-order valence-electron chi connectivity index (χ4n) is 2.50. The lowest BCUT2D eigenvalue weighted by Crippen LogP contribution is -2.17. The summed E-state index contributed by atoms with van der Waals surface area (Å²) in [5.74, 6) is -0.213. The summed E-state index contributed by atoms with van der Waals surface area (Å²) < 4.78 is 19.9. The minimum Gasteiger partial charge on any atom is -0.469 e. The summed E-state index contributed by atoms with van der Waals surface area (Å²) in [6, 6.07) is 3.48. The summed E-state index contributed by atoms with van der Waals surface area (Å²) in [5, 5.41) is 24.5. The Hall–Kier alpha value is -2.55. The normalized spacial score (nSPS) is 15.3. The minimum absolute atomic E-state index is 0.0221. The van der Waals surface area contributed by atoms with Crippen molar-refractivity contribution in [1.82, 2.24) is 14.8 Å². The molecule has 9 heteroatoms. The predicted molar refractivity (Wildman–Crippen MR) is 82.2 cm³/mol. The van der Waals surface area contributed by atoms with Gasteiger partial charge in [0.15, 0.2) is 6.17 Å². The molecule has 1 aliphatic rings. The molecular weight excluding hydrogens is 319 g/mol. The molecule has 0 amide bonds. The zero-order valence-electron chi connectivity index (χ0n) is 13.1. The molecule has 128 valence electrons. The fraction of sp³-hybridized carbons (Fsp3) is 0.467. The molecule has 1 fully saturated rings. The average molecular weight is 336 g/mol. The second-order valence-corrected chi connectivity index (χ2v) is 5.68. The quantitative estimate of drug-likeness (QED) is 0.613. The van der Waals surface area contributed by atoms with Gasteiger partial charge in [-0.25, -0.2) is 9.07 Å². The third-order valence-electron chi connectivity index (χ3n) is 3.82. The van der Waals surface area contributed by atoms with Gasteiger partial charge in [0.1, 0.15) is 12.3 Å². The highest BCUT2D eigenvalue weighted by atomic mass is 19.1. The van der Waals surface area contributed by atoms with E-state index in [4.69, 9.17) is 9.84 Å². The van der Waals surface area contributed by atoms with Crippen LogP contribution in [0.25, 0.3) is 5.69 Å². The molecule has 1 unspecified atom stereocenters. The summed E-state index contributed by atoms with van der Waals surface area (Å²) in [5.41, 5.74) is 1.50. The van der Waals surface area contributed by atoms with Crippen molar-refractivity contribution in [2.45, 2.75) is 31.9 Å². The van der Waals surface area contributed by atoms with E-state index in [1.165, 1.54) is 4.68 Å². The average Bonchev–Trinajstić information content (AvgIpc) is 3.33. The lowest BCUT2D eigenvalue weighted by atomic mass is 10.2. The molecule has 24 heavy (non-hydrogen) atoms.